The Balaban J connectivity index is 1.92. The summed E-state index contributed by atoms with van der Waals surface area (Å²) in [5.74, 6) is 0. The molecule has 0 aliphatic heterocycles. The molecule has 0 bridgehead atoms. The molecule has 0 unspecified atom stereocenters. The molecule has 2 nitrogen and oxygen atoms in total. The summed E-state index contributed by atoms with van der Waals surface area (Å²) in [6.45, 7) is 5.04. The Kier molecular flexibility index (Phi) is 4.94. The van der Waals surface area contributed by atoms with E-state index in [1.165, 1.54) is 16.7 Å². The molecule has 0 aliphatic rings. The number of benzene rings is 2. The van der Waals surface area contributed by atoms with Gasteiger partial charge < -0.3 is 10.4 Å². The first-order chi connectivity index (χ1) is 9.61. The lowest BCUT2D eigenvalue weighted by atomic mass is 10.0. The van der Waals surface area contributed by atoms with Crippen LogP contribution >= 0.6 is 0 Å². The first-order valence-corrected chi connectivity index (χ1v) is 7.11. The summed E-state index contributed by atoms with van der Waals surface area (Å²) in [4.78, 5) is 0. The fourth-order valence-corrected chi connectivity index (χ4v) is 2.10. The summed E-state index contributed by atoms with van der Waals surface area (Å²) in [5, 5.41) is 12.5. The second-order valence-corrected chi connectivity index (χ2v) is 5.78. The molecule has 2 rings (SSSR count). The van der Waals surface area contributed by atoms with E-state index in [0.29, 0.717) is 0 Å². The van der Waals surface area contributed by atoms with E-state index in [-0.39, 0.29) is 12.1 Å². The monoisotopic (exact) mass is 269 g/mol. The average molecular weight is 269 g/mol. The molecular formula is C18H23NO. The van der Waals surface area contributed by atoms with Crippen molar-refractivity contribution in [2.45, 2.75) is 25.8 Å². The Hall–Kier alpha value is -1.64. The van der Waals surface area contributed by atoms with Crippen molar-refractivity contribution < 1.29 is 5.11 Å². The van der Waals surface area contributed by atoms with Crippen LogP contribution in [0.1, 0.15) is 19.4 Å². The maximum Gasteiger partial charge on any atom is 0.0607 e. The molecule has 0 atom stereocenters. The Labute approximate surface area is 121 Å². The summed E-state index contributed by atoms with van der Waals surface area (Å²) < 4.78 is 0. The van der Waals surface area contributed by atoms with Crippen LogP contribution in [0.3, 0.4) is 0 Å². The van der Waals surface area contributed by atoms with Gasteiger partial charge in [-0.1, -0.05) is 54.6 Å². The highest BCUT2D eigenvalue weighted by Crippen LogP contribution is 2.19. The maximum absolute atomic E-state index is 9.19. The van der Waals surface area contributed by atoms with Gasteiger partial charge in [0.15, 0.2) is 0 Å². The smallest absolute Gasteiger partial charge is 0.0607 e. The van der Waals surface area contributed by atoms with Crippen LogP contribution in [-0.4, -0.2) is 23.8 Å². The van der Waals surface area contributed by atoms with Gasteiger partial charge >= 0.3 is 0 Å². The topological polar surface area (TPSA) is 32.3 Å². The summed E-state index contributed by atoms with van der Waals surface area (Å²) in [5.41, 5.74) is 3.60. The van der Waals surface area contributed by atoms with Crippen LogP contribution in [0.2, 0.25) is 0 Å². The predicted molar refractivity (Wildman–Crippen MR) is 84.7 cm³/mol. The van der Waals surface area contributed by atoms with Crippen LogP contribution in [-0.2, 0) is 6.42 Å². The van der Waals surface area contributed by atoms with Crippen molar-refractivity contribution in [3.05, 3.63) is 60.2 Å². The third-order valence-corrected chi connectivity index (χ3v) is 3.47. The van der Waals surface area contributed by atoms with Gasteiger partial charge in [0.1, 0.15) is 0 Å². The number of nitrogens with one attached hydrogen (secondary N) is 1. The maximum atomic E-state index is 9.19. The number of hydrogen-bond donors (Lipinski definition) is 2. The van der Waals surface area contributed by atoms with Gasteiger partial charge in [-0.05, 0) is 43.5 Å². The molecule has 0 aliphatic carbocycles. The fraction of sp³-hybridized carbons (Fsp3) is 0.333. The molecular weight excluding hydrogens is 246 g/mol. The molecule has 0 aromatic heterocycles. The Morgan fingerprint density at radius 2 is 1.50 bits per heavy atom. The molecule has 2 aromatic carbocycles. The number of aliphatic hydroxyl groups excluding tert-OH is 1. The highest BCUT2D eigenvalue weighted by atomic mass is 16.3. The third-order valence-electron chi connectivity index (χ3n) is 3.47. The van der Waals surface area contributed by atoms with Gasteiger partial charge in [-0.3, -0.25) is 0 Å². The Morgan fingerprint density at radius 3 is 2.10 bits per heavy atom. The van der Waals surface area contributed by atoms with E-state index < -0.39 is 0 Å². The molecule has 0 radical (unpaired) electrons. The zero-order chi connectivity index (χ0) is 14.4. The largest absolute Gasteiger partial charge is 0.394 e. The predicted octanol–water partition coefficient (Wildman–Crippen LogP) is 3.26. The zero-order valence-electron chi connectivity index (χ0n) is 12.3. The molecule has 0 saturated carbocycles. The molecule has 0 amide bonds. The third kappa shape index (κ3) is 4.19. The summed E-state index contributed by atoms with van der Waals surface area (Å²) in [7, 11) is 0. The lowest BCUT2D eigenvalue weighted by Crippen LogP contribution is -2.43. The van der Waals surface area contributed by atoms with E-state index >= 15 is 0 Å². The molecule has 0 saturated heterocycles. The van der Waals surface area contributed by atoms with Gasteiger partial charge in [-0.2, -0.15) is 0 Å². The molecule has 0 spiro atoms. The summed E-state index contributed by atoms with van der Waals surface area (Å²) in [6.07, 6.45) is 0.971. The molecule has 106 valence electrons. The second kappa shape index (κ2) is 6.69. The quantitative estimate of drug-likeness (QED) is 0.843. The van der Waals surface area contributed by atoms with E-state index in [2.05, 4.69) is 53.8 Å². The minimum atomic E-state index is -0.204. The van der Waals surface area contributed by atoms with Gasteiger partial charge in [-0.25, -0.2) is 0 Å². The van der Waals surface area contributed by atoms with Crippen LogP contribution in [0.25, 0.3) is 11.1 Å². The number of rotatable bonds is 6. The van der Waals surface area contributed by atoms with E-state index in [4.69, 9.17) is 0 Å². The van der Waals surface area contributed by atoms with Crippen LogP contribution in [0.4, 0.5) is 0 Å². The molecule has 2 aromatic rings. The first-order valence-electron chi connectivity index (χ1n) is 7.11. The van der Waals surface area contributed by atoms with Gasteiger partial charge in [0.05, 0.1) is 6.61 Å². The van der Waals surface area contributed by atoms with Crippen molar-refractivity contribution >= 4 is 0 Å². The van der Waals surface area contributed by atoms with E-state index in [1.54, 1.807) is 0 Å². The Morgan fingerprint density at radius 1 is 0.900 bits per heavy atom. The minimum Gasteiger partial charge on any atom is -0.394 e. The van der Waals surface area contributed by atoms with Crippen molar-refractivity contribution in [3.63, 3.8) is 0 Å². The lowest BCUT2D eigenvalue weighted by molar-refractivity contribution is 0.189. The van der Waals surface area contributed by atoms with Crippen LogP contribution in [0.5, 0.6) is 0 Å². The number of hydrogen-bond acceptors (Lipinski definition) is 2. The fourth-order valence-electron chi connectivity index (χ4n) is 2.10. The molecule has 2 N–H and O–H groups in total. The second-order valence-electron chi connectivity index (χ2n) is 5.78. The van der Waals surface area contributed by atoms with Gasteiger partial charge in [0.2, 0.25) is 0 Å². The first kappa shape index (κ1) is 14.8. The molecule has 20 heavy (non-hydrogen) atoms. The normalized spacial score (nSPS) is 11.6. The molecule has 0 fully saturated rings. The SMILES string of the molecule is CC(C)(CO)NCCc1ccc(-c2ccccc2)cc1. The molecule has 2 heteroatoms. The van der Waals surface area contributed by atoms with Crippen molar-refractivity contribution in [3.8, 4) is 11.1 Å². The van der Waals surface area contributed by atoms with Crippen molar-refractivity contribution in [2.24, 2.45) is 0 Å². The standard InChI is InChI=1S/C18H23NO/c1-18(2,14-20)19-13-12-15-8-10-17(11-9-15)16-6-4-3-5-7-16/h3-11,19-20H,12-14H2,1-2H3. The van der Waals surface area contributed by atoms with Crippen molar-refractivity contribution in [1.82, 2.24) is 5.32 Å². The highest BCUT2D eigenvalue weighted by Gasteiger charge is 2.14. The van der Waals surface area contributed by atoms with E-state index in [1.807, 2.05) is 19.9 Å². The van der Waals surface area contributed by atoms with Crippen molar-refractivity contribution in [2.75, 3.05) is 13.2 Å². The van der Waals surface area contributed by atoms with Gasteiger partial charge in [0, 0.05) is 5.54 Å². The van der Waals surface area contributed by atoms with Gasteiger partial charge in [-0.15, -0.1) is 0 Å². The van der Waals surface area contributed by atoms with E-state index in [0.717, 1.165) is 13.0 Å². The number of aliphatic hydroxyl groups is 1. The molecule has 0 heterocycles. The lowest BCUT2D eigenvalue weighted by Gasteiger charge is -2.23. The van der Waals surface area contributed by atoms with Crippen LogP contribution in [0.15, 0.2) is 54.6 Å². The highest BCUT2D eigenvalue weighted by molar-refractivity contribution is 5.63. The zero-order valence-corrected chi connectivity index (χ0v) is 12.3. The minimum absolute atomic E-state index is 0.153. The van der Waals surface area contributed by atoms with E-state index in [9.17, 15) is 5.11 Å². The summed E-state index contributed by atoms with van der Waals surface area (Å²) in [6, 6.07) is 19.1. The summed E-state index contributed by atoms with van der Waals surface area (Å²) >= 11 is 0. The van der Waals surface area contributed by atoms with Crippen LogP contribution in [0, 0.1) is 0 Å². The average Bonchev–Trinajstić information content (AvgIpc) is 2.49. The van der Waals surface area contributed by atoms with Crippen molar-refractivity contribution in [1.29, 1.82) is 0 Å². The Bertz CT molecular complexity index is 517. The van der Waals surface area contributed by atoms with Gasteiger partial charge in [0.25, 0.3) is 0 Å². The van der Waals surface area contributed by atoms with Crippen LogP contribution < -0.4 is 5.32 Å².